The number of fused-ring (bicyclic) bond motifs is 1. The van der Waals surface area contributed by atoms with Gasteiger partial charge in [0, 0.05) is 16.8 Å². The lowest BCUT2D eigenvalue weighted by Crippen LogP contribution is -2.29. The average Bonchev–Trinajstić information content (AvgIpc) is 2.72. The first-order valence-electron chi connectivity index (χ1n) is 6.62. The summed E-state index contributed by atoms with van der Waals surface area (Å²) in [5.41, 5.74) is 5.16. The second kappa shape index (κ2) is 4.82. The third kappa shape index (κ3) is 1.94. The lowest BCUT2D eigenvalue weighted by molar-refractivity contribution is 0.426. The zero-order valence-corrected chi connectivity index (χ0v) is 11.5. The number of benzene rings is 2. The van der Waals surface area contributed by atoms with Crippen LogP contribution in [0.3, 0.4) is 0 Å². The molecule has 0 amide bonds. The van der Waals surface area contributed by atoms with E-state index < -0.39 is 7.12 Å². The summed E-state index contributed by atoms with van der Waals surface area (Å²) in [6.07, 6.45) is 0. The Morgan fingerprint density at radius 2 is 1.55 bits per heavy atom. The first-order valence-corrected chi connectivity index (χ1v) is 6.62. The van der Waals surface area contributed by atoms with Gasteiger partial charge in [-0.15, -0.1) is 0 Å². The number of hydrogen-bond acceptors (Lipinski definition) is 2. The van der Waals surface area contributed by atoms with E-state index in [0.717, 1.165) is 5.69 Å². The van der Waals surface area contributed by atoms with Crippen molar-refractivity contribution in [1.82, 2.24) is 4.57 Å². The van der Waals surface area contributed by atoms with Gasteiger partial charge in [-0.25, -0.2) is 0 Å². The summed E-state index contributed by atoms with van der Waals surface area (Å²) >= 11 is 0. The third-order valence-corrected chi connectivity index (χ3v) is 3.88. The summed E-state index contributed by atoms with van der Waals surface area (Å²) in [5, 5.41) is 19.6. The van der Waals surface area contributed by atoms with Gasteiger partial charge in [-0.3, -0.25) is 0 Å². The Morgan fingerprint density at radius 3 is 2.20 bits per heavy atom. The van der Waals surface area contributed by atoms with Crippen molar-refractivity contribution in [2.75, 3.05) is 0 Å². The van der Waals surface area contributed by atoms with Crippen LogP contribution in [0, 0.1) is 13.8 Å². The van der Waals surface area contributed by atoms with Gasteiger partial charge in [0.2, 0.25) is 0 Å². The van der Waals surface area contributed by atoms with Gasteiger partial charge >= 0.3 is 7.12 Å². The predicted molar refractivity (Wildman–Crippen MR) is 82.6 cm³/mol. The SMILES string of the molecule is Cc1c(C)n(-c2ccc(B(O)O)cc2)c2ccccc12. The van der Waals surface area contributed by atoms with E-state index in [2.05, 4.69) is 30.5 Å². The third-order valence-electron chi connectivity index (χ3n) is 3.88. The van der Waals surface area contributed by atoms with Crippen LogP contribution in [0.2, 0.25) is 0 Å². The van der Waals surface area contributed by atoms with Gasteiger partial charge in [-0.1, -0.05) is 30.3 Å². The smallest absolute Gasteiger partial charge is 0.423 e. The van der Waals surface area contributed by atoms with Gasteiger partial charge in [0.05, 0.1) is 5.52 Å². The first-order chi connectivity index (χ1) is 9.59. The maximum atomic E-state index is 9.16. The van der Waals surface area contributed by atoms with Crippen LogP contribution in [-0.2, 0) is 0 Å². The van der Waals surface area contributed by atoms with Crippen LogP contribution in [0.25, 0.3) is 16.6 Å². The van der Waals surface area contributed by atoms with Gasteiger partial charge in [-0.05, 0) is 43.1 Å². The van der Waals surface area contributed by atoms with E-state index in [0.29, 0.717) is 5.46 Å². The molecular weight excluding hydrogens is 249 g/mol. The van der Waals surface area contributed by atoms with Crippen LogP contribution >= 0.6 is 0 Å². The molecule has 0 aliphatic carbocycles. The van der Waals surface area contributed by atoms with E-state index >= 15 is 0 Å². The minimum atomic E-state index is -1.42. The molecule has 20 heavy (non-hydrogen) atoms. The predicted octanol–water partition coefficient (Wildman–Crippen LogP) is 1.93. The summed E-state index contributed by atoms with van der Waals surface area (Å²) < 4.78 is 2.19. The van der Waals surface area contributed by atoms with Crippen LogP contribution in [0.1, 0.15) is 11.3 Å². The summed E-state index contributed by atoms with van der Waals surface area (Å²) in [5.74, 6) is 0. The fourth-order valence-corrected chi connectivity index (χ4v) is 2.66. The van der Waals surface area contributed by atoms with E-state index in [1.54, 1.807) is 12.1 Å². The highest BCUT2D eigenvalue weighted by Crippen LogP contribution is 2.27. The van der Waals surface area contributed by atoms with Crippen molar-refractivity contribution in [1.29, 1.82) is 0 Å². The van der Waals surface area contributed by atoms with Crippen LogP contribution < -0.4 is 5.46 Å². The molecule has 2 aromatic carbocycles. The van der Waals surface area contributed by atoms with Crippen molar-refractivity contribution in [3.8, 4) is 5.69 Å². The van der Waals surface area contributed by atoms with Crippen LogP contribution in [0.5, 0.6) is 0 Å². The summed E-state index contributed by atoms with van der Waals surface area (Å²) in [6.45, 7) is 4.23. The number of aryl methyl sites for hydroxylation is 1. The molecule has 0 atom stereocenters. The lowest BCUT2D eigenvalue weighted by atomic mass is 9.80. The Bertz CT molecular complexity index is 760. The molecule has 0 fully saturated rings. The zero-order valence-electron chi connectivity index (χ0n) is 11.5. The lowest BCUT2D eigenvalue weighted by Gasteiger charge is -2.09. The molecule has 4 heteroatoms. The Labute approximate surface area is 118 Å². The van der Waals surface area contributed by atoms with Crippen LogP contribution in [-0.4, -0.2) is 21.7 Å². The van der Waals surface area contributed by atoms with Gasteiger partial charge in [0.1, 0.15) is 0 Å². The molecule has 1 aromatic heterocycles. The van der Waals surface area contributed by atoms with Crippen LogP contribution in [0.4, 0.5) is 0 Å². The van der Waals surface area contributed by atoms with Gasteiger partial charge in [0.15, 0.2) is 0 Å². The van der Waals surface area contributed by atoms with E-state index in [-0.39, 0.29) is 0 Å². The van der Waals surface area contributed by atoms with Crippen molar-refractivity contribution in [3.05, 3.63) is 59.8 Å². The van der Waals surface area contributed by atoms with Gasteiger partial charge < -0.3 is 14.6 Å². The number of hydrogen-bond donors (Lipinski definition) is 2. The molecule has 0 saturated heterocycles. The molecule has 2 N–H and O–H groups in total. The van der Waals surface area contributed by atoms with Gasteiger partial charge in [0.25, 0.3) is 0 Å². The Morgan fingerprint density at radius 1 is 0.900 bits per heavy atom. The van der Waals surface area contributed by atoms with E-state index in [1.165, 1.54) is 22.2 Å². The summed E-state index contributed by atoms with van der Waals surface area (Å²) in [4.78, 5) is 0. The van der Waals surface area contributed by atoms with E-state index in [1.807, 2.05) is 24.3 Å². The summed E-state index contributed by atoms with van der Waals surface area (Å²) in [7, 11) is -1.42. The van der Waals surface area contributed by atoms with Gasteiger partial charge in [-0.2, -0.15) is 0 Å². The number of para-hydroxylation sites is 1. The molecule has 3 aromatic rings. The number of nitrogens with zero attached hydrogens (tertiary/aromatic N) is 1. The Kier molecular flexibility index (Phi) is 3.12. The topological polar surface area (TPSA) is 45.4 Å². The fourth-order valence-electron chi connectivity index (χ4n) is 2.66. The van der Waals surface area contributed by atoms with Crippen LogP contribution in [0.15, 0.2) is 48.5 Å². The standard InChI is InChI=1S/C16H16BNO2/c1-11-12(2)18(16-6-4-3-5-15(11)16)14-9-7-13(8-10-14)17(19)20/h3-10,19-20H,1-2H3. The average molecular weight is 265 g/mol. The molecule has 0 radical (unpaired) electrons. The van der Waals surface area contributed by atoms with Crippen molar-refractivity contribution in [3.63, 3.8) is 0 Å². The van der Waals surface area contributed by atoms with E-state index in [9.17, 15) is 0 Å². The fraction of sp³-hybridized carbons (Fsp3) is 0.125. The maximum Gasteiger partial charge on any atom is 0.488 e. The second-order valence-corrected chi connectivity index (χ2v) is 5.03. The van der Waals surface area contributed by atoms with Crippen molar-refractivity contribution < 1.29 is 10.0 Å². The highest BCUT2D eigenvalue weighted by atomic mass is 16.4. The van der Waals surface area contributed by atoms with Crippen molar-refractivity contribution in [2.24, 2.45) is 0 Å². The summed E-state index contributed by atoms with van der Waals surface area (Å²) in [6, 6.07) is 15.6. The monoisotopic (exact) mass is 265 g/mol. The molecule has 0 unspecified atom stereocenters. The Balaban J connectivity index is 2.21. The normalized spacial score (nSPS) is 11.0. The maximum absolute atomic E-state index is 9.16. The molecule has 3 nitrogen and oxygen atoms in total. The van der Waals surface area contributed by atoms with Crippen molar-refractivity contribution in [2.45, 2.75) is 13.8 Å². The first kappa shape index (κ1) is 13.0. The highest BCUT2D eigenvalue weighted by molar-refractivity contribution is 6.58. The molecule has 0 spiro atoms. The molecule has 1 heterocycles. The van der Waals surface area contributed by atoms with E-state index in [4.69, 9.17) is 10.0 Å². The van der Waals surface area contributed by atoms with Crippen molar-refractivity contribution >= 4 is 23.5 Å². The zero-order chi connectivity index (χ0) is 14.3. The molecular formula is C16H16BNO2. The molecule has 0 aliphatic rings. The molecule has 100 valence electrons. The highest BCUT2D eigenvalue weighted by Gasteiger charge is 2.13. The number of aromatic nitrogens is 1. The molecule has 0 saturated carbocycles. The molecule has 0 bridgehead atoms. The largest absolute Gasteiger partial charge is 0.488 e. The quantitative estimate of drug-likeness (QED) is 0.695. The molecule has 0 aliphatic heterocycles. The minimum absolute atomic E-state index is 0.500. The Hall–Kier alpha value is -2.04. The second-order valence-electron chi connectivity index (χ2n) is 5.03. The number of rotatable bonds is 2. The minimum Gasteiger partial charge on any atom is -0.423 e. The molecule has 3 rings (SSSR count).